The predicted molar refractivity (Wildman–Crippen MR) is 68.0 cm³/mol. The summed E-state index contributed by atoms with van der Waals surface area (Å²) in [6, 6.07) is 6.31. The Hall–Kier alpha value is -1.02. The topological polar surface area (TPSA) is 29.1 Å². The highest BCUT2D eigenvalue weighted by molar-refractivity contribution is 6.62. The first-order chi connectivity index (χ1) is 7.30. The lowest BCUT2D eigenvalue weighted by molar-refractivity contribution is 0.259. The van der Waals surface area contributed by atoms with E-state index in [1.807, 2.05) is 13.0 Å². The quantitative estimate of drug-likeness (QED) is 0.618. The Labute approximate surface area is 102 Å². The number of amides is 1. The van der Waals surface area contributed by atoms with E-state index in [1.165, 1.54) is 11.1 Å². The number of hydrogen-bond acceptors (Lipinski definition) is 1. The average Bonchev–Trinajstić information content (AvgIpc) is 2.14. The van der Waals surface area contributed by atoms with E-state index in [-0.39, 0.29) is 5.41 Å². The summed E-state index contributed by atoms with van der Waals surface area (Å²) in [6.07, 6.45) is 0. The average molecular weight is 240 g/mol. The second kappa shape index (κ2) is 4.88. The molecule has 1 aromatic carbocycles. The molecular weight excluding hydrogens is 222 g/mol. The molecule has 1 N–H and O–H groups in total. The van der Waals surface area contributed by atoms with Crippen LogP contribution in [0.1, 0.15) is 37.5 Å². The zero-order valence-corrected chi connectivity index (χ0v) is 11.0. The van der Waals surface area contributed by atoms with E-state index in [0.717, 1.165) is 5.56 Å². The minimum absolute atomic E-state index is 0.152. The van der Waals surface area contributed by atoms with Crippen LogP contribution in [-0.2, 0) is 12.0 Å². The summed E-state index contributed by atoms with van der Waals surface area (Å²) in [6.45, 7) is 9.08. The number of hydrogen-bond donors (Lipinski definition) is 1. The third-order valence-corrected chi connectivity index (χ3v) is 2.76. The third kappa shape index (κ3) is 3.53. The van der Waals surface area contributed by atoms with Crippen LogP contribution in [0.2, 0.25) is 0 Å². The highest BCUT2D eigenvalue weighted by Crippen LogP contribution is 2.24. The Morgan fingerprint density at radius 2 is 2.00 bits per heavy atom. The number of halogens is 1. The Morgan fingerprint density at radius 3 is 2.44 bits per heavy atom. The van der Waals surface area contributed by atoms with Crippen molar-refractivity contribution in [3.8, 4) is 0 Å². The Bertz CT molecular complexity index is 393. The van der Waals surface area contributed by atoms with Gasteiger partial charge < -0.3 is 5.32 Å². The number of carbonyl (C=O) groups is 1. The van der Waals surface area contributed by atoms with Crippen molar-refractivity contribution in [1.82, 2.24) is 5.32 Å². The molecule has 0 atom stereocenters. The molecular formula is C13H18ClNO. The van der Waals surface area contributed by atoms with Gasteiger partial charge in [-0.05, 0) is 40.6 Å². The van der Waals surface area contributed by atoms with Crippen molar-refractivity contribution in [1.29, 1.82) is 0 Å². The van der Waals surface area contributed by atoms with Gasteiger partial charge in [-0.2, -0.15) is 0 Å². The summed E-state index contributed by atoms with van der Waals surface area (Å²) < 4.78 is 0. The molecule has 0 bridgehead atoms. The smallest absolute Gasteiger partial charge is 0.314 e. The van der Waals surface area contributed by atoms with Crippen molar-refractivity contribution < 1.29 is 4.79 Å². The number of carbonyl (C=O) groups excluding carboxylic acids is 1. The van der Waals surface area contributed by atoms with Gasteiger partial charge in [0.25, 0.3) is 0 Å². The van der Waals surface area contributed by atoms with Crippen molar-refractivity contribution in [2.45, 2.75) is 39.7 Å². The first kappa shape index (κ1) is 13.0. The zero-order chi connectivity index (χ0) is 12.3. The molecule has 0 unspecified atom stereocenters. The zero-order valence-electron chi connectivity index (χ0n) is 10.2. The molecule has 0 saturated carbocycles. The van der Waals surface area contributed by atoms with Crippen molar-refractivity contribution in [3.05, 3.63) is 34.9 Å². The van der Waals surface area contributed by atoms with Crippen LogP contribution < -0.4 is 5.32 Å². The van der Waals surface area contributed by atoms with Gasteiger partial charge >= 0.3 is 5.37 Å². The summed E-state index contributed by atoms with van der Waals surface area (Å²) >= 11 is 5.23. The SMILES string of the molecule is Cc1cc(C(C)(C)C)ccc1CNC(=O)Cl. The molecule has 0 aliphatic rings. The molecule has 0 aromatic heterocycles. The normalized spacial score (nSPS) is 11.3. The number of benzene rings is 1. The fraction of sp³-hybridized carbons (Fsp3) is 0.462. The molecule has 1 rings (SSSR count). The molecule has 0 saturated heterocycles. The molecule has 0 aliphatic heterocycles. The third-order valence-electron chi connectivity index (χ3n) is 2.63. The largest absolute Gasteiger partial charge is 0.339 e. The van der Waals surface area contributed by atoms with Crippen LogP contribution in [0.5, 0.6) is 0 Å². The van der Waals surface area contributed by atoms with Crippen LogP contribution in [0.15, 0.2) is 18.2 Å². The summed E-state index contributed by atoms with van der Waals surface area (Å²) in [4.78, 5) is 10.6. The maximum Gasteiger partial charge on any atom is 0.314 e. The van der Waals surface area contributed by atoms with Crippen LogP contribution in [0.3, 0.4) is 0 Å². The Kier molecular flexibility index (Phi) is 3.98. The Balaban J connectivity index is 2.88. The van der Waals surface area contributed by atoms with E-state index in [4.69, 9.17) is 11.6 Å². The molecule has 88 valence electrons. The molecule has 2 nitrogen and oxygen atoms in total. The number of aryl methyl sites for hydroxylation is 1. The Morgan fingerprint density at radius 1 is 1.38 bits per heavy atom. The molecule has 0 spiro atoms. The summed E-state index contributed by atoms with van der Waals surface area (Å²) in [7, 11) is 0. The second-order valence-electron chi connectivity index (χ2n) is 5.02. The van der Waals surface area contributed by atoms with Crippen molar-refractivity contribution in [2.24, 2.45) is 0 Å². The van der Waals surface area contributed by atoms with E-state index in [1.54, 1.807) is 0 Å². The molecule has 3 heteroatoms. The van der Waals surface area contributed by atoms with Gasteiger partial charge in [0.2, 0.25) is 0 Å². The van der Waals surface area contributed by atoms with Gasteiger partial charge in [0.15, 0.2) is 0 Å². The van der Waals surface area contributed by atoms with E-state index >= 15 is 0 Å². The van der Waals surface area contributed by atoms with Gasteiger partial charge in [0, 0.05) is 6.54 Å². The molecule has 1 aromatic rings. The van der Waals surface area contributed by atoms with Crippen LogP contribution in [0.4, 0.5) is 4.79 Å². The molecule has 0 heterocycles. The van der Waals surface area contributed by atoms with E-state index in [2.05, 4.69) is 38.2 Å². The van der Waals surface area contributed by atoms with Gasteiger partial charge in [0.05, 0.1) is 0 Å². The van der Waals surface area contributed by atoms with E-state index in [0.29, 0.717) is 6.54 Å². The van der Waals surface area contributed by atoms with Gasteiger partial charge in [-0.1, -0.05) is 39.0 Å². The monoisotopic (exact) mass is 239 g/mol. The summed E-state index contributed by atoms with van der Waals surface area (Å²) in [5.41, 5.74) is 3.73. The van der Waals surface area contributed by atoms with Crippen LogP contribution in [0, 0.1) is 6.92 Å². The molecule has 0 fully saturated rings. The minimum Gasteiger partial charge on any atom is -0.339 e. The number of rotatable bonds is 2. The van der Waals surface area contributed by atoms with Crippen molar-refractivity contribution in [2.75, 3.05) is 0 Å². The standard InChI is InChI=1S/C13H18ClNO/c1-9-7-11(13(2,3)4)6-5-10(9)8-15-12(14)16/h5-7H,8H2,1-4H3,(H,15,16). The minimum atomic E-state index is -0.515. The fourth-order valence-corrected chi connectivity index (χ4v) is 1.59. The lowest BCUT2D eigenvalue weighted by Gasteiger charge is -2.20. The first-order valence-electron chi connectivity index (χ1n) is 5.34. The lowest BCUT2D eigenvalue weighted by Crippen LogP contribution is -2.17. The van der Waals surface area contributed by atoms with Crippen LogP contribution in [-0.4, -0.2) is 5.37 Å². The van der Waals surface area contributed by atoms with Crippen LogP contribution in [0.25, 0.3) is 0 Å². The first-order valence-corrected chi connectivity index (χ1v) is 5.72. The van der Waals surface area contributed by atoms with Crippen molar-refractivity contribution in [3.63, 3.8) is 0 Å². The van der Waals surface area contributed by atoms with Gasteiger partial charge in [-0.15, -0.1) is 0 Å². The highest BCUT2D eigenvalue weighted by Gasteiger charge is 2.14. The highest BCUT2D eigenvalue weighted by atomic mass is 35.5. The molecule has 1 amide bonds. The van der Waals surface area contributed by atoms with E-state index < -0.39 is 5.37 Å². The van der Waals surface area contributed by atoms with Gasteiger partial charge in [-0.3, -0.25) is 4.79 Å². The number of nitrogens with one attached hydrogen (secondary N) is 1. The van der Waals surface area contributed by atoms with Gasteiger partial charge in [0.1, 0.15) is 0 Å². The molecule has 16 heavy (non-hydrogen) atoms. The second-order valence-corrected chi connectivity index (χ2v) is 5.36. The maximum absolute atomic E-state index is 10.6. The molecule has 0 aliphatic carbocycles. The summed E-state index contributed by atoms with van der Waals surface area (Å²) in [5, 5.41) is 2.07. The fourth-order valence-electron chi connectivity index (χ4n) is 1.53. The molecule has 0 radical (unpaired) electrons. The predicted octanol–water partition coefficient (Wildman–Crippen LogP) is 3.74. The maximum atomic E-state index is 10.6. The van der Waals surface area contributed by atoms with E-state index in [9.17, 15) is 4.79 Å². The summed E-state index contributed by atoms with van der Waals surface area (Å²) in [5.74, 6) is 0. The van der Waals surface area contributed by atoms with Gasteiger partial charge in [-0.25, -0.2) is 0 Å². The van der Waals surface area contributed by atoms with Crippen molar-refractivity contribution >= 4 is 17.0 Å². The lowest BCUT2D eigenvalue weighted by atomic mass is 9.85. The van der Waals surface area contributed by atoms with Crippen LogP contribution >= 0.6 is 11.6 Å².